The molecule has 0 radical (unpaired) electrons. The van der Waals surface area contributed by atoms with Gasteiger partial charge in [-0.05, 0) is 12.1 Å². The molecule has 2 aromatic heterocycles. The van der Waals surface area contributed by atoms with Gasteiger partial charge in [0.25, 0.3) is 0 Å². The summed E-state index contributed by atoms with van der Waals surface area (Å²) in [4.78, 5) is 0. The Labute approximate surface area is 82.0 Å². The highest BCUT2D eigenvalue weighted by Crippen LogP contribution is 2.29. The summed E-state index contributed by atoms with van der Waals surface area (Å²) in [6.45, 7) is -0.369. The zero-order valence-electron chi connectivity index (χ0n) is 7.36. The summed E-state index contributed by atoms with van der Waals surface area (Å²) in [5.74, 6) is 0.207. The summed E-state index contributed by atoms with van der Waals surface area (Å²) in [5.41, 5.74) is -0.722. The summed E-state index contributed by atoms with van der Waals surface area (Å²) in [5, 5.41) is 15.9. The molecule has 2 rings (SSSR count). The van der Waals surface area contributed by atoms with Gasteiger partial charge in [0.05, 0.1) is 5.56 Å². The Hall–Kier alpha value is -1.63. The van der Waals surface area contributed by atoms with E-state index >= 15 is 0 Å². The molecule has 0 spiro atoms. The van der Waals surface area contributed by atoms with Crippen molar-refractivity contribution in [3.63, 3.8) is 0 Å². The highest BCUT2D eigenvalue weighted by Gasteiger charge is 2.30. The van der Waals surface area contributed by atoms with E-state index in [2.05, 4.69) is 10.2 Å². The predicted molar refractivity (Wildman–Crippen MR) is 43.9 cm³/mol. The first kappa shape index (κ1) is 9.91. The van der Waals surface area contributed by atoms with Gasteiger partial charge in [-0.1, -0.05) is 0 Å². The van der Waals surface area contributed by atoms with Crippen LogP contribution >= 0.6 is 0 Å². The van der Waals surface area contributed by atoms with Crippen LogP contribution in [0.4, 0.5) is 13.2 Å². The molecule has 0 aliphatic rings. The number of aliphatic hydroxyl groups is 1. The van der Waals surface area contributed by atoms with Gasteiger partial charge in [-0.25, -0.2) is 0 Å². The molecule has 0 aromatic carbocycles. The Morgan fingerprint density at radius 1 is 1.33 bits per heavy atom. The average molecular weight is 217 g/mol. The van der Waals surface area contributed by atoms with E-state index in [0.29, 0.717) is 0 Å². The number of rotatable bonds is 1. The largest absolute Gasteiger partial charge is 0.416 e. The molecule has 80 valence electrons. The Morgan fingerprint density at radius 3 is 2.67 bits per heavy atom. The van der Waals surface area contributed by atoms with Crippen molar-refractivity contribution >= 4 is 5.65 Å². The molecule has 0 aliphatic carbocycles. The number of hydrogen-bond acceptors (Lipinski definition) is 3. The number of hydrogen-bond donors (Lipinski definition) is 1. The summed E-state index contributed by atoms with van der Waals surface area (Å²) in [6.07, 6.45) is -3.21. The normalized spacial score (nSPS) is 12.3. The standard InChI is InChI=1S/C8H6F3N3O/c9-8(10,11)5-1-2-14-6(3-5)12-13-7(14)4-15/h1-3,15H,4H2. The van der Waals surface area contributed by atoms with E-state index < -0.39 is 11.7 Å². The molecule has 0 amide bonds. The molecule has 0 saturated heterocycles. The van der Waals surface area contributed by atoms with Crippen LogP contribution < -0.4 is 0 Å². The van der Waals surface area contributed by atoms with Crippen LogP contribution in [0.25, 0.3) is 5.65 Å². The van der Waals surface area contributed by atoms with Crippen LogP contribution in [0.15, 0.2) is 18.3 Å². The quantitative estimate of drug-likeness (QED) is 0.781. The van der Waals surface area contributed by atoms with Gasteiger partial charge in [0.1, 0.15) is 6.61 Å². The van der Waals surface area contributed by atoms with Crippen LogP contribution in [0, 0.1) is 0 Å². The fourth-order valence-corrected chi connectivity index (χ4v) is 1.22. The van der Waals surface area contributed by atoms with Gasteiger partial charge in [0.15, 0.2) is 11.5 Å². The minimum absolute atomic E-state index is 0.0638. The van der Waals surface area contributed by atoms with E-state index in [1.54, 1.807) is 0 Å². The van der Waals surface area contributed by atoms with E-state index in [-0.39, 0.29) is 18.1 Å². The first-order valence-corrected chi connectivity index (χ1v) is 4.04. The van der Waals surface area contributed by atoms with Crippen molar-refractivity contribution in [1.82, 2.24) is 14.6 Å². The predicted octanol–water partition coefficient (Wildman–Crippen LogP) is 1.24. The molecule has 0 atom stereocenters. The van der Waals surface area contributed by atoms with Crippen LogP contribution in [0.3, 0.4) is 0 Å². The van der Waals surface area contributed by atoms with Crippen molar-refractivity contribution in [2.24, 2.45) is 0 Å². The number of pyridine rings is 1. The van der Waals surface area contributed by atoms with Gasteiger partial charge < -0.3 is 5.11 Å². The highest BCUT2D eigenvalue weighted by atomic mass is 19.4. The molecule has 1 N–H and O–H groups in total. The van der Waals surface area contributed by atoms with Gasteiger partial charge >= 0.3 is 6.18 Å². The number of aromatic nitrogens is 3. The summed E-state index contributed by atoms with van der Waals surface area (Å²) in [6, 6.07) is 1.79. The minimum atomic E-state index is -4.40. The van der Waals surface area contributed by atoms with Crippen LogP contribution in [0.2, 0.25) is 0 Å². The van der Waals surface area contributed by atoms with E-state index in [1.807, 2.05) is 0 Å². The van der Waals surface area contributed by atoms with Gasteiger partial charge in [0, 0.05) is 6.20 Å². The number of fused-ring (bicyclic) bond motifs is 1. The number of nitrogens with zero attached hydrogens (tertiary/aromatic N) is 3. The van der Waals surface area contributed by atoms with Gasteiger partial charge in [-0.15, -0.1) is 10.2 Å². The van der Waals surface area contributed by atoms with E-state index in [4.69, 9.17) is 5.11 Å². The Bertz CT molecular complexity index is 491. The highest BCUT2D eigenvalue weighted by molar-refractivity contribution is 5.42. The molecule has 0 aliphatic heterocycles. The number of alkyl halides is 3. The fraction of sp³-hybridized carbons (Fsp3) is 0.250. The van der Waals surface area contributed by atoms with Crippen molar-refractivity contribution in [2.75, 3.05) is 0 Å². The molecule has 0 fully saturated rings. The Morgan fingerprint density at radius 2 is 2.07 bits per heavy atom. The van der Waals surface area contributed by atoms with Crippen LogP contribution in [0.1, 0.15) is 11.4 Å². The summed E-state index contributed by atoms with van der Waals surface area (Å²) in [7, 11) is 0. The van der Waals surface area contributed by atoms with E-state index in [9.17, 15) is 13.2 Å². The molecule has 2 heterocycles. The van der Waals surface area contributed by atoms with Crippen molar-refractivity contribution in [2.45, 2.75) is 12.8 Å². The fourth-order valence-electron chi connectivity index (χ4n) is 1.22. The monoisotopic (exact) mass is 217 g/mol. The van der Waals surface area contributed by atoms with Crippen LogP contribution in [-0.4, -0.2) is 19.7 Å². The minimum Gasteiger partial charge on any atom is -0.388 e. The second kappa shape index (κ2) is 3.20. The van der Waals surface area contributed by atoms with Gasteiger partial charge in [0.2, 0.25) is 0 Å². The molecule has 7 heteroatoms. The molecular formula is C8H6F3N3O. The summed E-state index contributed by atoms with van der Waals surface area (Å²) >= 11 is 0. The first-order chi connectivity index (χ1) is 7.02. The maximum Gasteiger partial charge on any atom is 0.416 e. The maximum atomic E-state index is 12.3. The third-order valence-corrected chi connectivity index (χ3v) is 1.95. The number of halogens is 3. The first-order valence-electron chi connectivity index (χ1n) is 4.04. The molecule has 15 heavy (non-hydrogen) atoms. The number of aliphatic hydroxyl groups excluding tert-OH is 1. The molecule has 0 bridgehead atoms. The lowest BCUT2D eigenvalue weighted by Gasteiger charge is -2.06. The van der Waals surface area contributed by atoms with Crippen molar-refractivity contribution in [3.8, 4) is 0 Å². The third-order valence-electron chi connectivity index (χ3n) is 1.95. The summed E-state index contributed by atoms with van der Waals surface area (Å²) < 4.78 is 38.2. The Kier molecular flexibility index (Phi) is 2.11. The zero-order chi connectivity index (χ0) is 11.1. The Balaban J connectivity index is 2.58. The topological polar surface area (TPSA) is 50.4 Å². The van der Waals surface area contributed by atoms with Crippen molar-refractivity contribution < 1.29 is 18.3 Å². The molecule has 2 aromatic rings. The van der Waals surface area contributed by atoms with E-state index in [1.165, 1.54) is 10.6 Å². The molecule has 0 saturated carbocycles. The molecule has 4 nitrogen and oxygen atoms in total. The third kappa shape index (κ3) is 1.65. The van der Waals surface area contributed by atoms with Crippen molar-refractivity contribution in [1.29, 1.82) is 0 Å². The molecule has 0 unspecified atom stereocenters. The van der Waals surface area contributed by atoms with E-state index in [0.717, 1.165) is 12.1 Å². The average Bonchev–Trinajstić information content (AvgIpc) is 2.58. The van der Waals surface area contributed by atoms with Crippen LogP contribution in [-0.2, 0) is 12.8 Å². The maximum absolute atomic E-state index is 12.3. The SMILES string of the molecule is OCc1nnc2cc(C(F)(F)F)ccn12. The van der Waals surface area contributed by atoms with Crippen molar-refractivity contribution in [3.05, 3.63) is 29.7 Å². The van der Waals surface area contributed by atoms with Crippen LogP contribution in [0.5, 0.6) is 0 Å². The lowest BCUT2D eigenvalue weighted by molar-refractivity contribution is -0.137. The second-order valence-electron chi connectivity index (χ2n) is 2.92. The zero-order valence-corrected chi connectivity index (χ0v) is 7.36. The smallest absolute Gasteiger partial charge is 0.388 e. The second-order valence-corrected chi connectivity index (χ2v) is 2.92. The lowest BCUT2D eigenvalue weighted by atomic mass is 10.2. The van der Waals surface area contributed by atoms with Gasteiger partial charge in [-0.3, -0.25) is 4.40 Å². The molecular weight excluding hydrogens is 211 g/mol. The van der Waals surface area contributed by atoms with Gasteiger partial charge in [-0.2, -0.15) is 13.2 Å². The lowest BCUT2D eigenvalue weighted by Crippen LogP contribution is -2.05.